The smallest absolute Gasteiger partial charge is 0.201 e. The first-order valence-electron chi connectivity index (χ1n) is 10.5. The van der Waals surface area contributed by atoms with Crippen molar-refractivity contribution in [3.8, 4) is 0 Å². The van der Waals surface area contributed by atoms with Crippen LogP contribution in [0.15, 0.2) is 24.3 Å². The maximum atomic E-state index is 6.28. The molecule has 2 bridgehead atoms. The summed E-state index contributed by atoms with van der Waals surface area (Å²) >= 11 is 5.99. The SMILES string of the molecule is C[C@]12CC[C@H]3CCC[C@H]4[C@@H](CCCc5ccc(Cl)cc5)CO[C@H](O1)[C@@]34OO2. The number of halogens is 1. The molecule has 1 saturated carbocycles. The van der Waals surface area contributed by atoms with Crippen molar-refractivity contribution < 1.29 is 19.2 Å². The molecular formula is C22H29ClO4. The first-order valence-corrected chi connectivity index (χ1v) is 10.9. The van der Waals surface area contributed by atoms with Gasteiger partial charge in [0, 0.05) is 17.4 Å². The highest BCUT2D eigenvalue weighted by Crippen LogP contribution is 2.58. The second kappa shape index (κ2) is 7.00. The summed E-state index contributed by atoms with van der Waals surface area (Å²) in [6, 6.07) is 8.21. The highest BCUT2D eigenvalue weighted by atomic mass is 35.5. The topological polar surface area (TPSA) is 36.9 Å². The second-order valence-electron chi connectivity index (χ2n) is 8.99. The molecule has 1 aromatic carbocycles. The summed E-state index contributed by atoms with van der Waals surface area (Å²) in [7, 11) is 0. The van der Waals surface area contributed by atoms with E-state index in [-0.39, 0.29) is 6.29 Å². The number of rotatable bonds is 4. The van der Waals surface area contributed by atoms with E-state index in [0.717, 1.165) is 43.7 Å². The molecule has 5 heteroatoms. The van der Waals surface area contributed by atoms with E-state index in [2.05, 4.69) is 12.1 Å². The van der Waals surface area contributed by atoms with Gasteiger partial charge in [0.05, 0.1) is 6.61 Å². The van der Waals surface area contributed by atoms with Gasteiger partial charge in [-0.15, -0.1) is 0 Å². The van der Waals surface area contributed by atoms with Crippen molar-refractivity contribution in [1.29, 1.82) is 0 Å². The number of aryl methyl sites for hydroxylation is 1. The fraction of sp³-hybridized carbons (Fsp3) is 0.727. The average molecular weight is 393 g/mol. The van der Waals surface area contributed by atoms with Crippen LogP contribution in [-0.4, -0.2) is 24.3 Å². The van der Waals surface area contributed by atoms with Crippen LogP contribution in [0.3, 0.4) is 0 Å². The molecule has 4 nitrogen and oxygen atoms in total. The lowest BCUT2D eigenvalue weighted by Gasteiger charge is -2.58. The molecule has 5 aliphatic rings. The number of fused-ring (bicyclic) bond motifs is 2. The Balaban J connectivity index is 1.31. The normalized spacial score (nSPS) is 43.2. The molecule has 148 valence electrons. The number of benzene rings is 1. The molecule has 0 radical (unpaired) electrons. The Labute approximate surface area is 166 Å². The van der Waals surface area contributed by atoms with Crippen molar-refractivity contribution >= 4 is 11.6 Å². The van der Waals surface area contributed by atoms with Crippen LogP contribution in [-0.2, 0) is 25.7 Å². The molecule has 0 amide bonds. The predicted molar refractivity (Wildman–Crippen MR) is 102 cm³/mol. The Hall–Kier alpha value is -0.650. The van der Waals surface area contributed by atoms with E-state index in [9.17, 15) is 0 Å². The average Bonchev–Trinajstić information content (AvgIpc) is 2.90. The molecule has 6 atom stereocenters. The first kappa shape index (κ1) is 18.4. The van der Waals surface area contributed by atoms with E-state index >= 15 is 0 Å². The minimum atomic E-state index is -0.654. The van der Waals surface area contributed by atoms with Crippen molar-refractivity contribution in [1.82, 2.24) is 0 Å². The summed E-state index contributed by atoms with van der Waals surface area (Å²) in [4.78, 5) is 12.0. The van der Waals surface area contributed by atoms with Gasteiger partial charge < -0.3 is 9.47 Å². The van der Waals surface area contributed by atoms with Crippen molar-refractivity contribution in [2.24, 2.45) is 17.8 Å². The minimum Gasteiger partial charge on any atom is -0.349 e. The molecule has 27 heavy (non-hydrogen) atoms. The molecule has 0 aromatic heterocycles. The fourth-order valence-electron chi connectivity index (χ4n) is 5.88. The van der Waals surface area contributed by atoms with E-state index < -0.39 is 11.4 Å². The Morgan fingerprint density at radius 3 is 2.81 bits per heavy atom. The summed E-state index contributed by atoms with van der Waals surface area (Å²) in [5, 5.41) is 0.799. The lowest BCUT2D eigenvalue weighted by Crippen LogP contribution is -2.67. The highest BCUT2D eigenvalue weighted by molar-refractivity contribution is 6.30. The van der Waals surface area contributed by atoms with E-state index in [1.165, 1.54) is 24.8 Å². The zero-order valence-corrected chi connectivity index (χ0v) is 16.7. The standard InChI is InChI=1S/C22H29ClO4/c1-21-13-12-17-6-3-7-19-16(5-2-4-15-8-10-18(23)11-9-15)14-24-20(25-21)22(17,19)27-26-21/h8-11,16-17,19-20H,2-7,12-14H2,1H3/t16-,17+,19-,20+,21-,22+/m0/s1. The van der Waals surface area contributed by atoms with E-state index in [1.54, 1.807) is 0 Å². The lowest BCUT2D eigenvalue weighted by molar-refractivity contribution is -0.566. The predicted octanol–water partition coefficient (Wildman–Crippen LogP) is 5.28. The van der Waals surface area contributed by atoms with Crippen molar-refractivity contribution in [2.45, 2.75) is 76.0 Å². The van der Waals surface area contributed by atoms with Crippen LogP contribution in [0.1, 0.15) is 57.4 Å². The summed E-state index contributed by atoms with van der Waals surface area (Å²) in [6.45, 7) is 2.75. The van der Waals surface area contributed by atoms with Crippen LogP contribution < -0.4 is 0 Å². The van der Waals surface area contributed by atoms with Gasteiger partial charge in [-0.25, -0.2) is 9.78 Å². The van der Waals surface area contributed by atoms with Crippen LogP contribution in [0.2, 0.25) is 5.02 Å². The lowest BCUT2D eigenvalue weighted by atomic mass is 9.61. The molecule has 1 aliphatic carbocycles. The van der Waals surface area contributed by atoms with E-state index in [4.69, 9.17) is 30.8 Å². The van der Waals surface area contributed by atoms with Gasteiger partial charge in [-0.3, -0.25) is 0 Å². The molecule has 1 spiro atoms. The van der Waals surface area contributed by atoms with Gasteiger partial charge in [0.15, 0.2) is 11.9 Å². The quantitative estimate of drug-likeness (QED) is 0.653. The van der Waals surface area contributed by atoms with Crippen LogP contribution in [0.4, 0.5) is 0 Å². The maximum Gasteiger partial charge on any atom is 0.201 e. The second-order valence-corrected chi connectivity index (χ2v) is 9.43. The molecule has 4 heterocycles. The molecule has 0 N–H and O–H groups in total. The van der Waals surface area contributed by atoms with Gasteiger partial charge in [-0.1, -0.05) is 30.2 Å². The van der Waals surface area contributed by atoms with Crippen LogP contribution in [0.25, 0.3) is 0 Å². The highest BCUT2D eigenvalue weighted by Gasteiger charge is 2.66. The van der Waals surface area contributed by atoms with Crippen LogP contribution >= 0.6 is 11.6 Å². The van der Waals surface area contributed by atoms with Crippen LogP contribution in [0.5, 0.6) is 0 Å². The third-order valence-corrected chi connectivity index (χ3v) is 7.56. The van der Waals surface area contributed by atoms with Gasteiger partial charge in [0.1, 0.15) is 0 Å². The molecule has 6 rings (SSSR count). The minimum absolute atomic E-state index is 0.276. The van der Waals surface area contributed by atoms with Crippen LogP contribution in [0, 0.1) is 17.8 Å². The third-order valence-electron chi connectivity index (χ3n) is 7.30. The van der Waals surface area contributed by atoms with Gasteiger partial charge in [0.25, 0.3) is 0 Å². The number of ether oxygens (including phenoxy) is 2. The third kappa shape index (κ3) is 3.14. The Morgan fingerprint density at radius 1 is 1.11 bits per heavy atom. The Kier molecular flexibility index (Phi) is 4.76. The van der Waals surface area contributed by atoms with Gasteiger partial charge in [-0.2, -0.15) is 0 Å². The Bertz CT molecular complexity index is 679. The van der Waals surface area contributed by atoms with Gasteiger partial charge in [-0.05, 0) is 75.0 Å². The summed E-state index contributed by atoms with van der Waals surface area (Å²) < 4.78 is 12.6. The molecule has 1 aromatic rings. The first-order chi connectivity index (χ1) is 13.1. The number of hydrogen-bond acceptors (Lipinski definition) is 4. The summed E-state index contributed by atoms with van der Waals surface area (Å²) in [5.41, 5.74) is 0.941. The largest absolute Gasteiger partial charge is 0.349 e. The summed E-state index contributed by atoms with van der Waals surface area (Å²) in [5.74, 6) is 0.790. The van der Waals surface area contributed by atoms with Gasteiger partial charge in [0.2, 0.25) is 5.79 Å². The van der Waals surface area contributed by atoms with Crippen molar-refractivity contribution in [3.63, 3.8) is 0 Å². The van der Waals surface area contributed by atoms with Crippen molar-refractivity contribution in [2.75, 3.05) is 6.61 Å². The fourth-order valence-corrected chi connectivity index (χ4v) is 6.01. The molecule has 5 fully saturated rings. The summed E-state index contributed by atoms with van der Waals surface area (Å²) in [6.07, 6.45) is 8.73. The molecule has 4 saturated heterocycles. The maximum absolute atomic E-state index is 6.28. The monoisotopic (exact) mass is 392 g/mol. The molecular weight excluding hydrogens is 364 g/mol. The van der Waals surface area contributed by atoms with E-state index in [0.29, 0.717) is 17.8 Å². The Morgan fingerprint density at radius 2 is 1.96 bits per heavy atom. The van der Waals surface area contributed by atoms with E-state index in [1.807, 2.05) is 19.1 Å². The molecule has 4 aliphatic heterocycles. The molecule has 0 unspecified atom stereocenters. The zero-order valence-electron chi connectivity index (χ0n) is 16.0. The van der Waals surface area contributed by atoms with Crippen molar-refractivity contribution in [3.05, 3.63) is 34.9 Å². The zero-order chi connectivity index (χ0) is 18.5. The number of hydrogen-bond donors (Lipinski definition) is 0. The van der Waals surface area contributed by atoms with Gasteiger partial charge >= 0.3 is 0 Å².